The summed E-state index contributed by atoms with van der Waals surface area (Å²) in [4.78, 5) is 19.8. The van der Waals surface area contributed by atoms with Gasteiger partial charge >= 0.3 is 5.97 Å². The van der Waals surface area contributed by atoms with Gasteiger partial charge in [0.1, 0.15) is 10.7 Å². The van der Waals surface area contributed by atoms with Crippen molar-refractivity contribution in [3.63, 3.8) is 0 Å². The van der Waals surface area contributed by atoms with Crippen molar-refractivity contribution in [2.75, 3.05) is 6.61 Å². The second-order valence-corrected chi connectivity index (χ2v) is 6.25. The van der Waals surface area contributed by atoms with E-state index in [4.69, 9.17) is 39.5 Å². The van der Waals surface area contributed by atoms with Gasteiger partial charge in [-0.15, -0.1) is 0 Å². The molecule has 8 heteroatoms. The highest BCUT2D eigenvalue weighted by Gasteiger charge is 2.14. The van der Waals surface area contributed by atoms with Gasteiger partial charge in [-0.05, 0) is 24.6 Å². The van der Waals surface area contributed by atoms with Crippen LogP contribution < -0.4 is 0 Å². The van der Waals surface area contributed by atoms with E-state index < -0.39 is 5.97 Å². The molecule has 0 atom stereocenters. The maximum absolute atomic E-state index is 11.6. The number of benzene rings is 1. The lowest BCUT2D eigenvalue weighted by molar-refractivity contribution is 0.0525. The van der Waals surface area contributed by atoms with Crippen molar-refractivity contribution in [1.29, 1.82) is 0 Å². The molecule has 4 nitrogen and oxygen atoms in total. The molecule has 1 heterocycles. The molecule has 0 aliphatic rings. The molecule has 0 aliphatic heterocycles. The summed E-state index contributed by atoms with van der Waals surface area (Å²) in [6, 6.07) is 5.28. The van der Waals surface area contributed by atoms with Gasteiger partial charge < -0.3 is 4.74 Å². The van der Waals surface area contributed by atoms with Crippen LogP contribution in [0.1, 0.15) is 22.8 Å². The number of carbonyl (C=O) groups is 1. The zero-order valence-corrected chi connectivity index (χ0v) is 14.6. The summed E-state index contributed by atoms with van der Waals surface area (Å²) < 4.78 is 4.86. The van der Waals surface area contributed by atoms with Crippen LogP contribution in [0.2, 0.25) is 15.2 Å². The van der Waals surface area contributed by atoms with Crippen LogP contribution in [0.25, 0.3) is 0 Å². The van der Waals surface area contributed by atoms with Crippen molar-refractivity contribution in [3.05, 3.63) is 50.7 Å². The highest BCUT2D eigenvalue weighted by atomic mass is 35.5. The van der Waals surface area contributed by atoms with E-state index >= 15 is 0 Å². The summed E-state index contributed by atoms with van der Waals surface area (Å²) in [6.45, 7) is 1.98. The standard InChI is InChI=1S/C14H11Cl3N2O2S/c1-2-21-13(20)10-6-18-14(19-12(10)17)22-7-8-3-4-9(15)5-11(8)16/h3-6H,2,7H2,1H3. The van der Waals surface area contributed by atoms with Gasteiger partial charge in [-0.2, -0.15) is 0 Å². The van der Waals surface area contributed by atoms with E-state index in [1.165, 1.54) is 18.0 Å². The minimum absolute atomic E-state index is 0.0677. The number of hydrogen-bond donors (Lipinski definition) is 0. The van der Waals surface area contributed by atoms with Crippen LogP contribution in [0, 0.1) is 0 Å². The molecule has 22 heavy (non-hydrogen) atoms. The molecule has 0 saturated heterocycles. The predicted octanol–water partition coefficient (Wildman–Crippen LogP) is 4.91. The van der Waals surface area contributed by atoms with Crippen LogP contribution >= 0.6 is 46.6 Å². The summed E-state index contributed by atoms with van der Waals surface area (Å²) in [7, 11) is 0. The van der Waals surface area contributed by atoms with E-state index in [9.17, 15) is 4.79 Å². The Balaban J connectivity index is 2.08. The lowest BCUT2D eigenvalue weighted by atomic mass is 10.2. The number of hydrogen-bond acceptors (Lipinski definition) is 5. The number of nitrogens with zero attached hydrogens (tertiary/aromatic N) is 2. The minimum Gasteiger partial charge on any atom is -0.462 e. The van der Waals surface area contributed by atoms with Gasteiger partial charge in [0.15, 0.2) is 5.16 Å². The fourth-order valence-corrected chi connectivity index (χ4v) is 3.17. The molecule has 0 aliphatic carbocycles. The molecule has 1 aromatic heterocycles. The first-order valence-electron chi connectivity index (χ1n) is 6.27. The minimum atomic E-state index is -0.537. The molecule has 0 radical (unpaired) electrons. The van der Waals surface area contributed by atoms with Crippen molar-refractivity contribution in [1.82, 2.24) is 9.97 Å². The van der Waals surface area contributed by atoms with E-state index in [-0.39, 0.29) is 17.3 Å². The molecule has 2 rings (SSSR count). The van der Waals surface area contributed by atoms with E-state index in [0.717, 1.165) is 5.56 Å². The smallest absolute Gasteiger partial charge is 0.342 e. The van der Waals surface area contributed by atoms with Crippen molar-refractivity contribution in [2.45, 2.75) is 17.8 Å². The average Bonchev–Trinajstić information content (AvgIpc) is 2.46. The van der Waals surface area contributed by atoms with Gasteiger partial charge in [-0.1, -0.05) is 52.6 Å². The molecule has 0 N–H and O–H groups in total. The van der Waals surface area contributed by atoms with Gasteiger partial charge in [0.2, 0.25) is 0 Å². The first kappa shape index (κ1) is 17.3. The molecule has 0 unspecified atom stereocenters. The monoisotopic (exact) mass is 376 g/mol. The third kappa shape index (κ3) is 4.49. The first-order chi connectivity index (χ1) is 10.5. The van der Waals surface area contributed by atoms with Crippen LogP contribution in [0.3, 0.4) is 0 Å². The number of halogens is 3. The predicted molar refractivity (Wildman–Crippen MR) is 89.0 cm³/mol. The van der Waals surface area contributed by atoms with E-state index in [1.54, 1.807) is 19.1 Å². The number of rotatable bonds is 5. The molecule has 0 spiro atoms. The SMILES string of the molecule is CCOC(=O)c1cnc(SCc2ccc(Cl)cc2Cl)nc1Cl. The Hall–Kier alpha value is -1.01. The number of esters is 1. The van der Waals surface area contributed by atoms with Gasteiger partial charge in [-0.3, -0.25) is 0 Å². The van der Waals surface area contributed by atoms with Crippen molar-refractivity contribution in [3.8, 4) is 0 Å². The summed E-state index contributed by atoms with van der Waals surface area (Å²) in [5.41, 5.74) is 1.06. The Morgan fingerprint density at radius 3 is 2.73 bits per heavy atom. The summed E-state index contributed by atoms with van der Waals surface area (Å²) >= 11 is 19.3. The van der Waals surface area contributed by atoms with Crippen LogP contribution in [0.4, 0.5) is 0 Å². The molecular weight excluding hydrogens is 367 g/mol. The summed E-state index contributed by atoms with van der Waals surface area (Å²) in [5, 5.41) is 1.67. The molecule has 0 amide bonds. The Kier molecular flexibility index (Phi) is 6.32. The van der Waals surface area contributed by atoms with Crippen LogP contribution in [-0.2, 0) is 10.5 Å². The topological polar surface area (TPSA) is 52.1 Å². The highest BCUT2D eigenvalue weighted by molar-refractivity contribution is 7.98. The maximum Gasteiger partial charge on any atom is 0.342 e. The van der Waals surface area contributed by atoms with E-state index in [0.29, 0.717) is 21.0 Å². The summed E-state index contributed by atoms with van der Waals surface area (Å²) in [5.74, 6) is 0.0234. The van der Waals surface area contributed by atoms with Crippen molar-refractivity contribution in [2.24, 2.45) is 0 Å². The van der Waals surface area contributed by atoms with Crippen molar-refractivity contribution < 1.29 is 9.53 Å². The molecule has 0 fully saturated rings. The molecule has 0 saturated carbocycles. The van der Waals surface area contributed by atoms with E-state index in [1.807, 2.05) is 6.07 Å². The number of aromatic nitrogens is 2. The Morgan fingerprint density at radius 2 is 2.09 bits per heavy atom. The quantitative estimate of drug-likeness (QED) is 0.321. The van der Waals surface area contributed by atoms with Crippen LogP contribution in [-0.4, -0.2) is 22.5 Å². The Bertz CT molecular complexity index is 698. The number of thioether (sulfide) groups is 1. The molecule has 0 bridgehead atoms. The molecule has 1 aromatic carbocycles. The first-order valence-corrected chi connectivity index (χ1v) is 8.39. The lowest BCUT2D eigenvalue weighted by Crippen LogP contribution is -2.07. The number of ether oxygens (including phenoxy) is 1. The van der Waals surface area contributed by atoms with Gasteiger partial charge in [0.05, 0.1) is 6.61 Å². The fourth-order valence-electron chi connectivity index (χ4n) is 1.54. The zero-order valence-electron chi connectivity index (χ0n) is 11.5. The Morgan fingerprint density at radius 1 is 1.32 bits per heavy atom. The van der Waals surface area contributed by atoms with Crippen molar-refractivity contribution >= 4 is 52.5 Å². The van der Waals surface area contributed by atoms with Crippen LogP contribution in [0.5, 0.6) is 0 Å². The fraction of sp³-hybridized carbons (Fsp3) is 0.214. The maximum atomic E-state index is 11.6. The Labute approximate surface area is 147 Å². The third-order valence-electron chi connectivity index (χ3n) is 2.59. The molecular formula is C14H11Cl3N2O2S. The number of carbonyl (C=O) groups excluding carboxylic acids is 1. The third-order valence-corrected chi connectivity index (χ3v) is 4.37. The summed E-state index contributed by atoms with van der Waals surface area (Å²) in [6.07, 6.45) is 1.36. The second-order valence-electron chi connectivity index (χ2n) is 4.10. The lowest BCUT2D eigenvalue weighted by Gasteiger charge is -2.06. The largest absolute Gasteiger partial charge is 0.462 e. The van der Waals surface area contributed by atoms with Crippen LogP contribution in [0.15, 0.2) is 29.6 Å². The van der Waals surface area contributed by atoms with E-state index in [2.05, 4.69) is 9.97 Å². The second kappa shape index (κ2) is 8.02. The normalized spacial score (nSPS) is 10.5. The highest BCUT2D eigenvalue weighted by Crippen LogP contribution is 2.28. The van der Waals surface area contributed by atoms with Gasteiger partial charge in [-0.25, -0.2) is 14.8 Å². The molecule has 116 valence electrons. The zero-order chi connectivity index (χ0) is 16.1. The van der Waals surface area contributed by atoms with Gasteiger partial charge in [0.25, 0.3) is 0 Å². The molecule has 2 aromatic rings. The average molecular weight is 378 g/mol. The van der Waals surface area contributed by atoms with Gasteiger partial charge in [0, 0.05) is 22.0 Å².